The molecule has 3 aromatic rings. The summed E-state index contributed by atoms with van der Waals surface area (Å²) in [5.41, 5.74) is 4.01. The predicted octanol–water partition coefficient (Wildman–Crippen LogP) is 4.53. The molecule has 1 amide bonds. The third-order valence-corrected chi connectivity index (χ3v) is 5.52. The Bertz CT molecular complexity index is 950. The maximum absolute atomic E-state index is 12.5. The average molecular weight is 388 g/mol. The number of carbonyl (C=O) groups excluding carboxylic acids is 1. The fourth-order valence-electron chi connectivity index (χ4n) is 2.97. The molecule has 0 spiro atoms. The highest BCUT2D eigenvalue weighted by Gasteiger charge is 2.29. The predicted molar refractivity (Wildman–Crippen MR) is 97.1 cm³/mol. The number of nitrogens with zero attached hydrogens (tertiary/aromatic N) is 1. The zero-order valence-corrected chi connectivity index (χ0v) is 15.0. The molecule has 1 aliphatic heterocycles. The minimum atomic E-state index is -0.244. The molecule has 0 bridgehead atoms. The van der Waals surface area contributed by atoms with Crippen molar-refractivity contribution in [1.82, 2.24) is 10.3 Å². The number of amides is 1. The third-order valence-electron chi connectivity index (χ3n) is 3.94. The number of carbonyl (C=O) groups is 1. The van der Waals surface area contributed by atoms with Crippen LogP contribution in [0.3, 0.4) is 0 Å². The normalized spacial score (nSPS) is 16.8. The maximum atomic E-state index is 12.5. The van der Waals surface area contributed by atoms with Gasteiger partial charge in [-0.05, 0) is 43.2 Å². The zero-order chi connectivity index (χ0) is 16.1. The van der Waals surface area contributed by atoms with Gasteiger partial charge in [0.25, 0.3) is 5.91 Å². The van der Waals surface area contributed by atoms with Crippen LogP contribution in [-0.2, 0) is 0 Å². The summed E-state index contributed by atoms with van der Waals surface area (Å²) < 4.78 is 0.987. The number of rotatable bonds is 1. The van der Waals surface area contributed by atoms with Crippen molar-refractivity contribution in [2.24, 2.45) is 0 Å². The van der Waals surface area contributed by atoms with Gasteiger partial charge in [-0.15, -0.1) is 11.3 Å². The molecule has 0 saturated carbocycles. The number of benzene rings is 1. The van der Waals surface area contributed by atoms with Crippen molar-refractivity contribution in [1.29, 1.82) is 0 Å². The van der Waals surface area contributed by atoms with Gasteiger partial charge in [0.1, 0.15) is 15.9 Å². The minimum Gasteiger partial charge on any atom is -0.360 e. The van der Waals surface area contributed by atoms with E-state index in [1.807, 2.05) is 31.2 Å². The standard InChI is InChI=1S/C17H14BrN3OS/c1-8-6-9(2)19-17-12(8)13-14(23-17)16(22)21-15(20-13)10-4-3-5-11(18)7-10/h3-7,15,20H,1-2H3,(H,21,22). The zero-order valence-electron chi connectivity index (χ0n) is 12.6. The van der Waals surface area contributed by atoms with Crippen molar-refractivity contribution in [2.45, 2.75) is 20.0 Å². The number of halogens is 1. The quantitative estimate of drug-likeness (QED) is 0.644. The van der Waals surface area contributed by atoms with Crippen LogP contribution in [0.2, 0.25) is 0 Å². The molecule has 0 saturated heterocycles. The monoisotopic (exact) mass is 387 g/mol. The lowest BCUT2D eigenvalue weighted by Crippen LogP contribution is -2.37. The fourth-order valence-corrected chi connectivity index (χ4v) is 4.55. The number of thiophene rings is 1. The molecular formula is C17H14BrN3OS. The summed E-state index contributed by atoms with van der Waals surface area (Å²) in [7, 11) is 0. The van der Waals surface area contributed by atoms with Gasteiger partial charge in [-0.1, -0.05) is 28.1 Å². The van der Waals surface area contributed by atoms with E-state index in [1.54, 1.807) is 0 Å². The first-order valence-electron chi connectivity index (χ1n) is 7.26. The van der Waals surface area contributed by atoms with E-state index in [2.05, 4.69) is 44.5 Å². The van der Waals surface area contributed by atoms with E-state index in [4.69, 9.17) is 0 Å². The minimum absolute atomic E-state index is 0.0521. The van der Waals surface area contributed by atoms with Crippen molar-refractivity contribution in [3.63, 3.8) is 0 Å². The number of hydrogen-bond donors (Lipinski definition) is 2. The Labute approximate surface area is 146 Å². The number of pyridine rings is 1. The highest BCUT2D eigenvalue weighted by Crippen LogP contribution is 2.41. The van der Waals surface area contributed by atoms with Crippen LogP contribution in [0.25, 0.3) is 10.2 Å². The van der Waals surface area contributed by atoms with Gasteiger partial charge in [0.2, 0.25) is 0 Å². The number of fused-ring (bicyclic) bond motifs is 3. The van der Waals surface area contributed by atoms with Crippen LogP contribution in [-0.4, -0.2) is 10.9 Å². The van der Waals surface area contributed by atoms with Gasteiger partial charge in [-0.2, -0.15) is 0 Å². The fraction of sp³-hybridized carbons (Fsp3) is 0.176. The van der Waals surface area contributed by atoms with Gasteiger partial charge in [0.05, 0.1) is 5.69 Å². The molecule has 1 atom stereocenters. The van der Waals surface area contributed by atoms with Gasteiger partial charge < -0.3 is 10.6 Å². The molecule has 23 heavy (non-hydrogen) atoms. The Morgan fingerprint density at radius 1 is 1.22 bits per heavy atom. The number of aryl methyl sites for hydroxylation is 2. The number of aromatic nitrogens is 1. The lowest BCUT2D eigenvalue weighted by molar-refractivity contribution is 0.0940. The van der Waals surface area contributed by atoms with Crippen LogP contribution in [0.1, 0.15) is 32.7 Å². The van der Waals surface area contributed by atoms with Crippen LogP contribution >= 0.6 is 27.3 Å². The molecule has 2 N–H and O–H groups in total. The van der Waals surface area contributed by atoms with Crippen molar-refractivity contribution < 1.29 is 4.79 Å². The van der Waals surface area contributed by atoms with Crippen LogP contribution < -0.4 is 10.6 Å². The smallest absolute Gasteiger partial charge is 0.265 e. The lowest BCUT2D eigenvalue weighted by atomic mass is 10.1. The molecule has 4 nitrogen and oxygen atoms in total. The van der Waals surface area contributed by atoms with Gasteiger partial charge in [-0.3, -0.25) is 4.79 Å². The molecule has 0 radical (unpaired) electrons. The van der Waals surface area contributed by atoms with Crippen molar-refractivity contribution >= 4 is 49.1 Å². The second-order valence-electron chi connectivity index (χ2n) is 5.67. The topological polar surface area (TPSA) is 54.0 Å². The second-order valence-corrected chi connectivity index (χ2v) is 7.59. The molecule has 1 unspecified atom stereocenters. The van der Waals surface area contributed by atoms with E-state index in [0.717, 1.165) is 37.2 Å². The van der Waals surface area contributed by atoms with Crippen LogP contribution in [0.5, 0.6) is 0 Å². The Hall–Kier alpha value is -1.92. The SMILES string of the molecule is Cc1cc(C)c2c3c(sc2n1)C(=O)NC(c1cccc(Br)c1)N3. The molecule has 4 rings (SSSR count). The summed E-state index contributed by atoms with van der Waals surface area (Å²) in [4.78, 5) is 18.7. The molecule has 116 valence electrons. The summed E-state index contributed by atoms with van der Waals surface area (Å²) in [5, 5.41) is 7.54. The Morgan fingerprint density at radius 3 is 2.83 bits per heavy atom. The van der Waals surface area contributed by atoms with E-state index < -0.39 is 0 Å². The van der Waals surface area contributed by atoms with Crippen molar-refractivity contribution in [3.8, 4) is 0 Å². The van der Waals surface area contributed by atoms with Crippen molar-refractivity contribution in [2.75, 3.05) is 5.32 Å². The first-order chi connectivity index (χ1) is 11.0. The van der Waals surface area contributed by atoms with E-state index >= 15 is 0 Å². The molecule has 2 aromatic heterocycles. The van der Waals surface area contributed by atoms with Crippen LogP contribution in [0.4, 0.5) is 5.69 Å². The number of anilines is 1. The summed E-state index contributed by atoms with van der Waals surface area (Å²) in [6.07, 6.45) is -0.244. The highest BCUT2D eigenvalue weighted by atomic mass is 79.9. The van der Waals surface area contributed by atoms with E-state index in [-0.39, 0.29) is 12.1 Å². The number of nitrogens with one attached hydrogen (secondary N) is 2. The molecule has 1 aromatic carbocycles. The molecule has 6 heteroatoms. The maximum Gasteiger partial charge on any atom is 0.265 e. The van der Waals surface area contributed by atoms with Crippen molar-refractivity contribution in [3.05, 3.63) is 56.5 Å². The van der Waals surface area contributed by atoms with Gasteiger partial charge >= 0.3 is 0 Å². The first kappa shape index (κ1) is 14.7. The highest BCUT2D eigenvalue weighted by molar-refractivity contribution is 9.10. The van der Waals surface area contributed by atoms with Gasteiger partial charge in [-0.25, -0.2) is 4.98 Å². The summed E-state index contributed by atoms with van der Waals surface area (Å²) in [6.45, 7) is 4.04. The molecule has 0 aliphatic carbocycles. The molecule has 3 heterocycles. The number of hydrogen-bond acceptors (Lipinski definition) is 4. The molecule has 1 aliphatic rings. The Balaban J connectivity index is 1.86. The van der Waals surface area contributed by atoms with Crippen LogP contribution in [0, 0.1) is 13.8 Å². The Kier molecular flexibility index (Phi) is 3.39. The summed E-state index contributed by atoms with van der Waals surface area (Å²) in [5.74, 6) is -0.0521. The van der Waals surface area contributed by atoms with E-state index in [0.29, 0.717) is 4.88 Å². The summed E-state index contributed by atoms with van der Waals surface area (Å²) >= 11 is 4.92. The largest absolute Gasteiger partial charge is 0.360 e. The van der Waals surface area contributed by atoms with E-state index in [1.165, 1.54) is 11.3 Å². The second kappa shape index (κ2) is 5.32. The average Bonchev–Trinajstić information content (AvgIpc) is 2.86. The Morgan fingerprint density at radius 2 is 2.04 bits per heavy atom. The van der Waals surface area contributed by atoms with Gasteiger partial charge in [0.15, 0.2) is 0 Å². The summed E-state index contributed by atoms with van der Waals surface area (Å²) in [6, 6.07) is 9.99. The third kappa shape index (κ3) is 2.42. The van der Waals surface area contributed by atoms with Crippen LogP contribution in [0.15, 0.2) is 34.8 Å². The first-order valence-corrected chi connectivity index (χ1v) is 8.87. The van der Waals surface area contributed by atoms with E-state index in [9.17, 15) is 4.79 Å². The molecular weight excluding hydrogens is 374 g/mol. The molecule has 0 fully saturated rings. The lowest BCUT2D eigenvalue weighted by Gasteiger charge is -2.26. The van der Waals surface area contributed by atoms with Gasteiger partial charge in [0, 0.05) is 15.6 Å².